The maximum Gasteiger partial charge on any atom is 0.334 e. The van der Waals surface area contributed by atoms with Crippen LogP contribution in [0.1, 0.15) is 104 Å². The molecule has 0 radical (unpaired) electrons. The van der Waals surface area contributed by atoms with Gasteiger partial charge in [-0.2, -0.15) is 0 Å². The molecule has 10 heteroatoms. The van der Waals surface area contributed by atoms with E-state index in [0.717, 1.165) is 76.3 Å². The van der Waals surface area contributed by atoms with Gasteiger partial charge in [0.1, 0.15) is 23.7 Å². The minimum absolute atomic E-state index is 0.0521. The molecular formula is C36H59N2O8+. The molecule has 10 nitrogen and oxygen atoms in total. The Labute approximate surface area is 274 Å². The third kappa shape index (κ3) is 7.00. The standard InChI is InChI=1S/C36H58N2O8/c1-3-25(21-7-4-5-8-21)35(43)45-28-17-26-32(42)31-27(41)16-24(19-39)44-34(31)30(22-9-6-10-23(40)15-22)33(26)46-36(28,2)14-13-20-11-12-29(37)38-18-20/h3,20-24,26,28-34,38-40,42H,4-19,37H2,1-2H3/p+1. The second-order valence-corrected chi connectivity index (χ2v) is 15.8. The lowest BCUT2D eigenvalue weighted by Gasteiger charge is -2.59. The molecule has 3 saturated heterocycles. The van der Waals surface area contributed by atoms with Crippen molar-refractivity contribution in [1.82, 2.24) is 0 Å². The third-order valence-corrected chi connectivity index (χ3v) is 12.8. The van der Waals surface area contributed by atoms with Crippen LogP contribution in [0.25, 0.3) is 0 Å². The summed E-state index contributed by atoms with van der Waals surface area (Å²) in [4.78, 5) is 27.4. The Bertz CT molecular complexity index is 1100. The molecule has 3 aliphatic heterocycles. The topological polar surface area (TPSA) is 165 Å². The maximum absolute atomic E-state index is 13.8. The van der Waals surface area contributed by atoms with Gasteiger partial charge in [-0.25, -0.2) is 4.79 Å². The molecule has 3 aliphatic carbocycles. The third-order valence-electron chi connectivity index (χ3n) is 12.8. The van der Waals surface area contributed by atoms with E-state index in [1.165, 1.54) is 0 Å². The van der Waals surface area contributed by atoms with E-state index in [-0.39, 0.29) is 48.7 Å². The normalized spacial score (nSPS) is 45.6. The molecule has 260 valence electrons. The summed E-state index contributed by atoms with van der Waals surface area (Å²) in [6.45, 7) is 4.68. The fraction of sp³-hybridized carbons (Fsp3) is 0.889. The predicted octanol–water partition coefficient (Wildman–Crippen LogP) is 2.11. The zero-order chi connectivity index (χ0) is 32.6. The highest BCUT2D eigenvalue weighted by molar-refractivity contribution is 5.89. The fourth-order valence-electron chi connectivity index (χ4n) is 10.2. The number of esters is 1. The van der Waals surface area contributed by atoms with Gasteiger partial charge in [-0.15, -0.1) is 0 Å². The number of Topliss-reactive ketones (excluding diaryl/α,β-unsaturated/α-hetero) is 1. The van der Waals surface area contributed by atoms with Gasteiger partial charge in [-0.05, 0) is 83.5 Å². The lowest BCUT2D eigenvalue weighted by molar-refractivity contribution is -0.703. The summed E-state index contributed by atoms with van der Waals surface area (Å²) >= 11 is 0. The van der Waals surface area contributed by atoms with Crippen molar-refractivity contribution in [2.24, 2.45) is 41.2 Å². The van der Waals surface area contributed by atoms with E-state index < -0.39 is 54.1 Å². The summed E-state index contributed by atoms with van der Waals surface area (Å²) in [6, 6.07) is 0. The predicted molar refractivity (Wildman–Crippen MR) is 170 cm³/mol. The zero-order valence-corrected chi connectivity index (χ0v) is 27.9. The van der Waals surface area contributed by atoms with Gasteiger partial charge >= 0.3 is 5.97 Å². The number of ketones is 1. The van der Waals surface area contributed by atoms with Gasteiger partial charge < -0.3 is 34.8 Å². The van der Waals surface area contributed by atoms with Gasteiger partial charge in [0, 0.05) is 36.2 Å². The molecule has 46 heavy (non-hydrogen) atoms. The molecule has 6 aliphatic rings. The van der Waals surface area contributed by atoms with E-state index in [1.54, 1.807) is 0 Å². The first-order valence-electron chi connectivity index (χ1n) is 18.4. The monoisotopic (exact) mass is 647 g/mol. The van der Waals surface area contributed by atoms with Crippen LogP contribution in [0.2, 0.25) is 0 Å². The van der Waals surface area contributed by atoms with Crippen molar-refractivity contribution in [3.05, 3.63) is 11.6 Å². The lowest BCUT2D eigenvalue weighted by atomic mass is 9.58. The molecule has 0 amide bonds. The van der Waals surface area contributed by atoms with Crippen LogP contribution in [-0.2, 0) is 23.8 Å². The molecule has 7 N–H and O–H groups in total. The molecule has 0 aromatic carbocycles. The van der Waals surface area contributed by atoms with Gasteiger partial charge in [-0.1, -0.05) is 25.3 Å². The molecule has 0 aromatic heterocycles. The molecule has 6 fully saturated rings. The van der Waals surface area contributed by atoms with Crippen molar-refractivity contribution >= 4 is 11.8 Å². The molecule has 13 unspecified atom stereocenters. The number of nitrogens with two attached hydrogens (primary N) is 2. The van der Waals surface area contributed by atoms with Crippen molar-refractivity contribution in [3.63, 3.8) is 0 Å². The number of carbonyl (C=O) groups is 2. The zero-order valence-electron chi connectivity index (χ0n) is 27.9. The highest BCUT2D eigenvalue weighted by Crippen LogP contribution is 2.54. The van der Waals surface area contributed by atoms with Crippen LogP contribution in [0.4, 0.5) is 0 Å². The SMILES string of the molecule is CC=C(C(=O)OC1CC2C(O)C3C(=O)CC(CO)OC3C(C3CCCC(O)C3)C2OC1(C)CCC1CCC(N)[NH2+]C1)C1CCCC1. The highest BCUT2D eigenvalue weighted by atomic mass is 16.6. The Morgan fingerprint density at radius 2 is 1.87 bits per heavy atom. The van der Waals surface area contributed by atoms with Gasteiger partial charge in [0.05, 0.1) is 49.6 Å². The van der Waals surface area contributed by atoms with Gasteiger partial charge in [0.15, 0.2) is 0 Å². The molecule has 6 rings (SSSR count). The van der Waals surface area contributed by atoms with Crippen LogP contribution < -0.4 is 11.1 Å². The number of fused-ring (bicyclic) bond motifs is 2. The maximum atomic E-state index is 13.8. The molecular weight excluding hydrogens is 588 g/mol. The minimum Gasteiger partial charge on any atom is -0.456 e. The summed E-state index contributed by atoms with van der Waals surface area (Å²) in [5.41, 5.74) is 6.09. The van der Waals surface area contributed by atoms with E-state index >= 15 is 0 Å². The number of rotatable bonds is 8. The van der Waals surface area contributed by atoms with Crippen LogP contribution in [-0.4, -0.2) is 88.6 Å². The number of ether oxygens (including phenoxy) is 3. The Kier molecular flexibility index (Phi) is 10.9. The van der Waals surface area contributed by atoms with Crippen molar-refractivity contribution in [1.29, 1.82) is 0 Å². The van der Waals surface area contributed by atoms with Crippen LogP contribution >= 0.6 is 0 Å². The van der Waals surface area contributed by atoms with Crippen LogP contribution in [0, 0.1) is 35.5 Å². The summed E-state index contributed by atoms with van der Waals surface area (Å²) in [7, 11) is 0. The summed E-state index contributed by atoms with van der Waals surface area (Å²) in [6.07, 6.45) is 9.81. The molecule has 0 spiro atoms. The minimum atomic E-state index is -1.01. The lowest BCUT2D eigenvalue weighted by Crippen LogP contribution is -2.95. The van der Waals surface area contributed by atoms with Crippen molar-refractivity contribution in [2.45, 2.75) is 152 Å². The molecule has 0 aromatic rings. The van der Waals surface area contributed by atoms with Gasteiger partial charge in [0.25, 0.3) is 0 Å². The Hall–Kier alpha value is -1.40. The van der Waals surface area contributed by atoms with Gasteiger partial charge in [0.2, 0.25) is 0 Å². The number of piperidine rings is 1. The summed E-state index contributed by atoms with van der Waals surface area (Å²) in [5.74, 6) is -1.02. The summed E-state index contributed by atoms with van der Waals surface area (Å²) in [5, 5.41) is 34.9. The van der Waals surface area contributed by atoms with E-state index in [0.29, 0.717) is 25.2 Å². The molecule has 3 saturated carbocycles. The first kappa shape index (κ1) is 34.5. The van der Waals surface area contributed by atoms with Crippen LogP contribution in [0.15, 0.2) is 11.6 Å². The fourth-order valence-corrected chi connectivity index (χ4v) is 10.2. The average molecular weight is 648 g/mol. The Morgan fingerprint density at radius 3 is 2.54 bits per heavy atom. The number of hydrogen-bond acceptors (Lipinski definition) is 9. The largest absolute Gasteiger partial charge is 0.456 e. The number of quaternary nitrogens is 1. The van der Waals surface area contributed by atoms with E-state index in [4.69, 9.17) is 19.9 Å². The smallest absolute Gasteiger partial charge is 0.334 e. The Morgan fingerprint density at radius 1 is 1.09 bits per heavy atom. The van der Waals surface area contributed by atoms with Crippen LogP contribution in [0.3, 0.4) is 0 Å². The first-order chi connectivity index (χ1) is 22.1. The number of allylic oxidation sites excluding steroid dienone is 1. The van der Waals surface area contributed by atoms with E-state index in [2.05, 4.69) is 12.2 Å². The van der Waals surface area contributed by atoms with Crippen molar-refractivity contribution in [2.75, 3.05) is 13.2 Å². The number of carbonyl (C=O) groups excluding carboxylic acids is 2. The second-order valence-electron chi connectivity index (χ2n) is 15.8. The van der Waals surface area contributed by atoms with Crippen molar-refractivity contribution in [3.8, 4) is 0 Å². The molecule has 13 atom stereocenters. The van der Waals surface area contributed by atoms with E-state index in [9.17, 15) is 24.9 Å². The van der Waals surface area contributed by atoms with E-state index in [1.807, 2.05) is 13.0 Å². The average Bonchev–Trinajstić information content (AvgIpc) is 3.56. The first-order valence-corrected chi connectivity index (χ1v) is 18.4. The quantitative estimate of drug-likeness (QED) is 0.196. The molecule has 3 heterocycles. The number of aliphatic hydroxyl groups is 3. The Balaban J connectivity index is 1.31. The summed E-state index contributed by atoms with van der Waals surface area (Å²) < 4.78 is 20.2. The van der Waals surface area contributed by atoms with Crippen molar-refractivity contribution < 1.29 is 44.4 Å². The molecule has 0 bridgehead atoms. The second kappa shape index (κ2) is 14.6. The number of aliphatic hydroxyl groups excluding tert-OH is 3. The number of hydrogen-bond donors (Lipinski definition) is 5. The van der Waals surface area contributed by atoms with Gasteiger partial charge in [-0.3, -0.25) is 10.5 Å². The van der Waals surface area contributed by atoms with Crippen LogP contribution in [0.5, 0.6) is 0 Å². The highest BCUT2D eigenvalue weighted by Gasteiger charge is 2.62.